The second-order valence-electron chi connectivity index (χ2n) is 4.31. The van der Waals surface area contributed by atoms with Crippen LogP contribution in [0.5, 0.6) is 0 Å². The minimum atomic E-state index is 0.753. The van der Waals surface area contributed by atoms with Gasteiger partial charge in [-0.25, -0.2) is 0 Å². The van der Waals surface area contributed by atoms with Gasteiger partial charge in [-0.1, -0.05) is 0 Å². The first kappa shape index (κ1) is 9.16. The molecule has 0 atom stereocenters. The van der Waals surface area contributed by atoms with Crippen molar-refractivity contribution >= 4 is 5.69 Å². The van der Waals surface area contributed by atoms with Crippen molar-refractivity contribution in [2.75, 3.05) is 31.2 Å². The molecule has 0 bridgehead atoms. The van der Waals surface area contributed by atoms with E-state index in [1.54, 1.807) is 0 Å². The Morgan fingerprint density at radius 2 is 2.00 bits per heavy atom. The molecule has 1 aliphatic heterocycles. The number of hydrogen-bond donors (Lipinski definition) is 0. The van der Waals surface area contributed by atoms with Crippen molar-refractivity contribution in [2.45, 2.75) is 18.8 Å². The van der Waals surface area contributed by atoms with E-state index in [4.69, 9.17) is 4.74 Å². The Kier molecular flexibility index (Phi) is 2.33. The average Bonchev–Trinajstić information content (AvgIpc) is 3.15. The van der Waals surface area contributed by atoms with Gasteiger partial charge in [0, 0.05) is 24.7 Å². The van der Waals surface area contributed by atoms with Gasteiger partial charge in [-0.15, -0.1) is 0 Å². The zero-order valence-corrected chi connectivity index (χ0v) is 8.85. The maximum atomic E-state index is 5.33. The molecule has 1 aliphatic carbocycles. The van der Waals surface area contributed by atoms with Crippen LogP contribution in [0.25, 0.3) is 0 Å². The Morgan fingerprint density at radius 3 is 2.60 bits per heavy atom. The Bertz CT molecular complexity index is 326. The van der Waals surface area contributed by atoms with E-state index in [-0.39, 0.29) is 0 Å². The van der Waals surface area contributed by atoms with Crippen LogP contribution in [0.4, 0.5) is 5.69 Å². The third kappa shape index (κ3) is 1.97. The van der Waals surface area contributed by atoms with Crippen molar-refractivity contribution in [3.05, 3.63) is 24.0 Å². The predicted molar refractivity (Wildman–Crippen MR) is 59.2 cm³/mol. The van der Waals surface area contributed by atoms with Crippen LogP contribution >= 0.6 is 0 Å². The molecule has 0 unspecified atom stereocenters. The molecule has 3 rings (SSSR count). The summed E-state index contributed by atoms with van der Waals surface area (Å²) in [4.78, 5) is 6.87. The molecule has 80 valence electrons. The smallest absolute Gasteiger partial charge is 0.0642 e. The average molecular weight is 204 g/mol. The van der Waals surface area contributed by atoms with Gasteiger partial charge >= 0.3 is 0 Å². The molecule has 1 saturated heterocycles. The van der Waals surface area contributed by atoms with E-state index in [1.807, 2.05) is 6.20 Å². The molecular weight excluding hydrogens is 188 g/mol. The minimum Gasteiger partial charge on any atom is -0.378 e. The summed E-state index contributed by atoms with van der Waals surface area (Å²) >= 11 is 0. The number of hydrogen-bond acceptors (Lipinski definition) is 3. The van der Waals surface area contributed by atoms with Crippen molar-refractivity contribution in [1.82, 2.24) is 4.98 Å². The van der Waals surface area contributed by atoms with Gasteiger partial charge in [-0.05, 0) is 25.0 Å². The van der Waals surface area contributed by atoms with Crippen LogP contribution in [0, 0.1) is 0 Å². The predicted octanol–water partition coefficient (Wildman–Crippen LogP) is 1.80. The summed E-state index contributed by atoms with van der Waals surface area (Å²) in [6, 6.07) is 4.38. The number of nitrogens with zero attached hydrogens (tertiary/aromatic N) is 2. The van der Waals surface area contributed by atoms with E-state index < -0.39 is 0 Å². The SMILES string of the molecule is c1cc(C2CC2)ncc1N1CCOCC1. The summed E-state index contributed by atoms with van der Waals surface area (Å²) in [7, 11) is 0. The van der Waals surface area contributed by atoms with Crippen molar-refractivity contribution in [3.8, 4) is 0 Å². The summed E-state index contributed by atoms with van der Waals surface area (Å²) in [5.74, 6) is 0.753. The lowest BCUT2D eigenvalue weighted by atomic mass is 10.2. The maximum Gasteiger partial charge on any atom is 0.0642 e. The molecule has 1 aromatic rings. The van der Waals surface area contributed by atoms with Crippen LogP contribution < -0.4 is 4.90 Å². The van der Waals surface area contributed by atoms with Gasteiger partial charge < -0.3 is 9.64 Å². The van der Waals surface area contributed by atoms with Gasteiger partial charge in [0.15, 0.2) is 0 Å². The first-order valence-electron chi connectivity index (χ1n) is 5.72. The second-order valence-corrected chi connectivity index (χ2v) is 4.31. The number of anilines is 1. The third-order valence-corrected chi connectivity index (χ3v) is 3.14. The fourth-order valence-corrected chi connectivity index (χ4v) is 2.03. The molecule has 2 heterocycles. The zero-order valence-electron chi connectivity index (χ0n) is 8.85. The fourth-order valence-electron chi connectivity index (χ4n) is 2.03. The van der Waals surface area contributed by atoms with Crippen LogP contribution in [-0.2, 0) is 4.74 Å². The number of rotatable bonds is 2. The quantitative estimate of drug-likeness (QED) is 0.734. The molecule has 0 radical (unpaired) electrons. The van der Waals surface area contributed by atoms with Crippen molar-refractivity contribution < 1.29 is 4.74 Å². The van der Waals surface area contributed by atoms with Gasteiger partial charge in [0.2, 0.25) is 0 Å². The van der Waals surface area contributed by atoms with E-state index in [2.05, 4.69) is 22.0 Å². The standard InChI is InChI=1S/C12H16N2O/c1-2-10(1)12-4-3-11(9-13-12)14-5-7-15-8-6-14/h3-4,9-10H,1-2,5-8H2. The lowest BCUT2D eigenvalue weighted by Gasteiger charge is -2.28. The van der Waals surface area contributed by atoms with Crippen LogP contribution in [0.1, 0.15) is 24.5 Å². The summed E-state index contributed by atoms with van der Waals surface area (Å²) in [6.07, 6.45) is 4.66. The van der Waals surface area contributed by atoms with Gasteiger partial charge in [0.1, 0.15) is 0 Å². The Balaban J connectivity index is 1.73. The number of morpholine rings is 1. The number of ether oxygens (including phenoxy) is 1. The molecule has 1 saturated carbocycles. The highest BCUT2D eigenvalue weighted by atomic mass is 16.5. The normalized spacial score (nSPS) is 21.7. The molecule has 15 heavy (non-hydrogen) atoms. The molecule has 3 nitrogen and oxygen atoms in total. The molecule has 0 aromatic carbocycles. The van der Waals surface area contributed by atoms with Gasteiger partial charge in [0.05, 0.1) is 25.1 Å². The van der Waals surface area contributed by atoms with Gasteiger partial charge in [-0.3, -0.25) is 4.98 Å². The first-order valence-corrected chi connectivity index (χ1v) is 5.72. The molecule has 2 aliphatic rings. The van der Waals surface area contributed by atoms with Crippen molar-refractivity contribution in [1.29, 1.82) is 0 Å². The summed E-state index contributed by atoms with van der Waals surface area (Å²) in [5, 5.41) is 0. The number of pyridine rings is 1. The Labute approximate surface area is 90.1 Å². The molecule has 3 heteroatoms. The van der Waals surface area contributed by atoms with Crippen LogP contribution in [0.3, 0.4) is 0 Å². The van der Waals surface area contributed by atoms with Crippen molar-refractivity contribution in [3.63, 3.8) is 0 Å². The van der Waals surface area contributed by atoms with E-state index >= 15 is 0 Å². The topological polar surface area (TPSA) is 25.4 Å². The van der Waals surface area contributed by atoms with Crippen LogP contribution in [0.2, 0.25) is 0 Å². The van der Waals surface area contributed by atoms with Gasteiger partial charge in [0.25, 0.3) is 0 Å². The van der Waals surface area contributed by atoms with E-state index in [0.29, 0.717) is 0 Å². The van der Waals surface area contributed by atoms with Gasteiger partial charge in [-0.2, -0.15) is 0 Å². The summed E-state index contributed by atoms with van der Waals surface area (Å²) in [5.41, 5.74) is 2.51. The second kappa shape index (κ2) is 3.81. The van der Waals surface area contributed by atoms with Crippen LogP contribution in [-0.4, -0.2) is 31.3 Å². The lowest BCUT2D eigenvalue weighted by molar-refractivity contribution is 0.122. The monoisotopic (exact) mass is 204 g/mol. The molecule has 0 N–H and O–H groups in total. The highest BCUT2D eigenvalue weighted by molar-refractivity contribution is 5.45. The van der Waals surface area contributed by atoms with E-state index in [9.17, 15) is 0 Å². The molecule has 2 fully saturated rings. The minimum absolute atomic E-state index is 0.753. The van der Waals surface area contributed by atoms with E-state index in [0.717, 1.165) is 32.2 Å². The number of aromatic nitrogens is 1. The Hall–Kier alpha value is -1.09. The lowest BCUT2D eigenvalue weighted by Crippen LogP contribution is -2.36. The molecular formula is C12H16N2O. The largest absolute Gasteiger partial charge is 0.378 e. The summed E-state index contributed by atoms with van der Waals surface area (Å²) in [6.45, 7) is 3.66. The first-order chi connectivity index (χ1) is 7.43. The van der Waals surface area contributed by atoms with Crippen LogP contribution in [0.15, 0.2) is 18.3 Å². The zero-order chi connectivity index (χ0) is 10.1. The highest BCUT2D eigenvalue weighted by Gasteiger charge is 2.24. The summed E-state index contributed by atoms with van der Waals surface area (Å²) < 4.78 is 5.33. The molecule has 1 aromatic heterocycles. The Morgan fingerprint density at radius 1 is 1.20 bits per heavy atom. The molecule has 0 amide bonds. The fraction of sp³-hybridized carbons (Fsp3) is 0.583. The third-order valence-electron chi connectivity index (χ3n) is 3.14. The van der Waals surface area contributed by atoms with Crippen molar-refractivity contribution in [2.24, 2.45) is 0 Å². The maximum absolute atomic E-state index is 5.33. The molecule has 0 spiro atoms. The van der Waals surface area contributed by atoms with E-state index in [1.165, 1.54) is 24.2 Å². The highest BCUT2D eigenvalue weighted by Crippen LogP contribution is 2.39.